The minimum atomic E-state index is 0.321. The fourth-order valence-electron chi connectivity index (χ4n) is 1.70. The first-order chi connectivity index (χ1) is 7.15. The zero-order chi connectivity index (χ0) is 11.3. The highest BCUT2D eigenvalue weighted by atomic mass is 16.3. The monoisotopic (exact) mass is 207 g/mol. The van der Waals surface area contributed by atoms with Crippen molar-refractivity contribution in [1.82, 2.24) is 5.32 Å². The highest BCUT2D eigenvalue weighted by Crippen LogP contribution is 2.24. The van der Waals surface area contributed by atoms with Gasteiger partial charge >= 0.3 is 0 Å². The summed E-state index contributed by atoms with van der Waals surface area (Å²) in [6.45, 7) is 11.2. The molecule has 84 valence electrons. The Hall–Kier alpha value is -1.02. The largest absolute Gasteiger partial charge is 0.467 e. The normalized spacial score (nSPS) is 12.7. The fraction of sp³-hybridized carbons (Fsp3) is 0.538. The number of furan rings is 1. The molecule has 1 aromatic rings. The van der Waals surface area contributed by atoms with Gasteiger partial charge < -0.3 is 9.73 Å². The SMILES string of the molecule is C=C(C)CCC(NCC)c1occc1C. The van der Waals surface area contributed by atoms with Crippen molar-refractivity contribution >= 4 is 0 Å². The van der Waals surface area contributed by atoms with Crippen LogP contribution in [0, 0.1) is 6.92 Å². The molecule has 2 heteroatoms. The predicted molar refractivity (Wildman–Crippen MR) is 63.9 cm³/mol. The predicted octanol–water partition coefficient (Wildman–Crippen LogP) is 3.59. The molecule has 0 amide bonds. The van der Waals surface area contributed by atoms with E-state index in [2.05, 4.69) is 32.7 Å². The van der Waals surface area contributed by atoms with Gasteiger partial charge in [-0.05, 0) is 44.9 Å². The van der Waals surface area contributed by atoms with Gasteiger partial charge in [0.05, 0.1) is 12.3 Å². The molecule has 1 heterocycles. The molecule has 0 saturated carbocycles. The topological polar surface area (TPSA) is 25.2 Å². The van der Waals surface area contributed by atoms with Crippen LogP contribution in [0.1, 0.15) is 44.1 Å². The van der Waals surface area contributed by atoms with Crippen molar-refractivity contribution in [3.63, 3.8) is 0 Å². The smallest absolute Gasteiger partial charge is 0.123 e. The Morgan fingerprint density at radius 2 is 2.33 bits per heavy atom. The molecule has 1 N–H and O–H groups in total. The van der Waals surface area contributed by atoms with Crippen molar-refractivity contribution in [3.8, 4) is 0 Å². The van der Waals surface area contributed by atoms with Crippen LogP contribution in [0.2, 0.25) is 0 Å². The Morgan fingerprint density at radius 3 is 2.80 bits per heavy atom. The van der Waals surface area contributed by atoms with Crippen LogP contribution in [-0.2, 0) is 0 Å². The molecule has 1 rings (SSSR count). The molecule has 15 heavy (non-hydrogen) atoms. The van der Waals surface area contributed by atoms with E-state index in [9.17, 15) is 0 Å². The first kappa shape index (κ1) is 12.1. The Balaban J connectivity index is 2.65. The van der Waals surface area contributed by atoms with Gasteiger partial charge in [-0.15, -0.1) is 6.58 Å². The van der Waals surface area contributed by atoms with Gasteiger partial charge in [0.15, 0.2) is 0 Å². The summed E-state index contributed by atoms with van der Waals surface area (Å²) in [6, 6.07) is 2.34. The van der Waals surface area contributed by atoms with Crippen molar-refractivity contribution < 1.29 is 4.42 Å². The van der Waals surface area contributed by atoms with Gasteiger partial charge in [0, 0.05) is 0 Å². The van der Waals surface area contributed by atoms with E-state index in [1.807, 2.05) is 6.07 Å². The highest BCUT2D eigenvalue weighted by Gasteiger charge is 2.15. The van der Waals surface area contributed by atoms with Crippen LogP contribution in [0.3, 0.4) is 0 Å². The van der Waals surface area contributed by atoms with Gasteiger partial charge in [-0.25, -0.2) is 0 Å². The third kappa shape index (κ3) is 3.56. The lowest BCUT2D eigenvalue weighted by Crippen LogP contribution is -2.21. The maximum Gasteiger partial charge on any atom is 0.123 e. The summed E-state index contributed by atoms with van der Waals surface area (Å²) in [5.41, 5.74) is 2.45. The molecular weight excluding hydrogens is 186 g/mol. The molecule has 0 fully saturated rings. The third-order valence-electron chi connectivity index (χ3n) is 2.53. The van der Waals surface area contributed by atoms with Crippen LogP contribution in [0.4, 0.5) is 0 Å². The van der Waals surface area contributed by atoms with E-state index in [1.165, 1.54) is 11.1 Å². The second-order valence-electron chi connectivity index (χ2n) is 4.07. The molecule has 0 aliphatic carbocycles. The molecule has 0 bridgehead atoms. The Labute approximate surface area is 92.4 Å². The molecule has 0 spiro atoms. The van der Waals surface area contributed by atoms with Crippen LogP contribution in [0.25, 0.3) is 0 Å². The lowest BCUT2D eigenvalue weighted by atomic mass is 10.0. The van der Waals surface area contributed by atoms with Gasteiger partial charge in [0.2, 0.25) is 0 Å². The van der Waals surface area contributed by atoms with Gasteiger partial charge in [-0.3, -0.25) is 0 Å². The molecule has 0 saturated heterocycles. The summed E-state index contributed by atoms with van der Waals surface area (Å²) in [5.74, 6) is 1.07. The van der Waals surface area contributed by atoms with Crippen LogP contribution in [0.15, 0.2) is 28.9 Å². The number of aryl methyl sites for hydroxylation is 1. The summed E-state index contributed by atoms with van der Waals surface area (Å²) in [4.78, 5) is 0. The second-order valence-corrected chi connectivity index (χ2v) is 4.07. The van der Waals surface area contributed by atoms with Crippen LogP contribution >= 0.6 is 0 Å². The lowest BCUT2D eigenvalue weighted by molar-refractivity contribution is 0.399. The average molecular weight is 207 g/mol. The summed E-state index contributed by atoms with van der Waals surface area (Å²) in [6.07, 6.45) is 3.85. The Morgan fingerprint density at radius 1 is 1.60 bits per heavy atom. The first-order valence-corrected chi connectivity index (χ1v) is 5.57. The first-order valence-electron chi connectivity index (χ1n) is 5.57. The Bertz CT molecular complexity index is 314. The second kappa shape index (κ2) is 5.76. The summed E-state index contributed by atoms with van der Waals surface area (Å²) >= 11 is 0. The minimum absolute atomic E-state index is 0.321. The lowest BCUT2D eigenvalue weighted by Gasteiger charge is -2.16. The minimum Gasteiger partial charge on any atom is -0.467 e. The van der Waals surface area contributed by atoms with Gasteiger partial charge in [0.1, 0.15) is 5.76 Å². The molecule has 2 nitrogen and oxygen atoms in total. The molecule has 0 aliphatic heterocycles. The van der Waals surface area contributed by atoms with Gasteiger partial charge in [-0.2, -0.15) is 0 Å². The van der Waals surface area contributed by atoms with Crippen LogP contribution in [-0.4, -0.2) is 6.54 Å². The summed E-state index contributed by atoms with van der Waals surface area (Å²) in [5, 5.41) is 3.45. The van der Waals surface area contributed by atoms with E-state index in [-0.39, 0.29) is 0 Å². The zero-order valence-corrected chi connectivity index (χ0v) is 9.97. The van der Waals surface area contributed by atoms with Crippen molar-refractivity contribution in [2.24, 2.45) is 0 Å². The number of rotatable bonds is 6. The van der Waals surface area contributed by atoms with E-state index >= 15 is 0 Å². The number of allylic oxidation sites excluding steroid dienone is 1. The zero-order valence-electron chi connectivity index (χ0n) is 9.97. The molecule has 0 aromatic carbocycles. The van der Waals surface area contributed by atoms with Gasteiger partial charge in [0.25, 0.3) is 0 Å². The third-order valence-corrected chi connectivity index (χ3v) is 2.53. The van der Waals surface area contributed by atoms with E-state index in [0.29, 0.717) is 6.04 Å². The van der Waals surface area contributed by atoms with Crippen LogP contribution < -0.4 is 5.32 Å². The van der Waals surface area contributed by atoms with E-state index < -0.39 is 0 Å². The highest BCUT2D eigenvalue weighted by molar-refractivity contribution is 5.18. The number of nitrogens with one attached hydrogen (secondary N) is 1. The van der Waals surface area contributed by atoms with Gasteiger partial charge in [-0.1, -0.05) is 12.5 Å². The standard InChI is InChI=1S/C13H21NO/c1-5-14-12(7-6-10(2)3)13-11(4)8-9-15-13/h8-9,12,14H,2,5-7H2,1,3-4H3. The molecule has 0 aliphatic rings. The molecule has 1 aromatic heterocycles. The van der Waals surface area contributed by atoms with E-state index in [4.69, 9.17) is 4.42 Å². The van der Waals surface area contributed by atoms with E-state index in [1.54, 1.807) is 6.26 Å². The summed E-state index contributed by atoms with van der Waals surface area (Å²) < 4.78 is 5.52. The van der Waals surface area contributed by atoms with Crippen molar-refractivity contribution in [3.05, 3.63) is 35.8 Å². The fourth-order valence-corrected chi connectivity index (χ4v) is 1.70. The summed E-state index contributed by atoms with van der Waals surface area (Å²) in [7, 11) is 0. The average Bonchev–Trinajstić information content (AvgIpc) is 2.59. The maximum absolute atomic E-state index is 5.52. The molecule has 1 atom stereocenters. The molecular formula is C13H21NO. The Kier molecular flexibility index (Phi) is 4.63. The maximum atomic E-state index is 5.52. The molecule has 0 radical (unpaired) electrons. The quantitative estimate of drug-likeness (QED) is 0.721. The van der Waals surface area contributed by atoms with Crippen molar-refractivity contribution in [1.29, 1.82) is 0 Å². The van der Waals surface area contributed by atoms with E-state index in [0.717, 1.165) is 25.1 Å². The van der Waals surface area contributed by atoms with Crippen LogP contribution in [0.5, 0.6) is 0 Å². The molecule has 1 unspecified atom stereocenters. The number of hydrogen-bond acceptors (Lipinski definition) is 2. The van der Waals surface area contributed by atoms with Crippen molar-refractivity contribution in [2.75, 3.05) is 6.54 Å². The number of hydrogen-bond donors (Lipinski definition) is 1. The van der Waals surface area contributed by atoms with Crippen molar-refractivity contribution in [2.45, 2.75) is 39.7 Å².